The molecular formula is C13H11NO5S. The fraction of sp³-hybridized carbons (Fsp3) is 0.0769. The molecule has 0 spiro atoms. The van der Waals surface area contributed by atoms with E-state index in [4.69, 9.17) is 4.55 Å². The molecular weight excluding hydrogens is 282 g/mol. The summed E-state index contributed by atoms with van der Waals surface area (Å²) >= 11 is 0. The summed E-state index contributed by atoms with van der Waals surface area (Å²) in [6, 6.07) is 12.5. The summed E-state index contributed by atoms with van der Waals surface area (Å²) in [6.45, 7) is 0. The smallest absolute Gasteiger partial charge is 0.277 e. The van der Waals surface area contributed by atoms with Crippen LogP contribution in [0.2, 0.25) is 0 Å². The molecule has 2 aromatic carbocycles. The van der Waals surface area contributed by atoms with Crippen LogP contribution < -0.4 is 0 Å². The Kier molecular flexibility index (Phi) is 3.82. The van der Waals surface area contributed by atoms with Crippen molar-refractivity contribution in [1.82, 2.24) is 0 Å². The van der Waals surface area contributed by atoms with Crippen molar-refractivity contribution in [1.29, 1.82) is 0 Å². The molecule has 1 N–H and O–H groups in total. The van der Waals surface area contributed by atoms with Crippen LogP contribution in [0, 0.1) is 10.1 Å². The predicted molar refractivity (Wildman–Crippen MR) is 73.8 cm³/mol. The first kappa shape index (κ1) is 14.2. The van der Waals surface area contributed by atoms with Crippen LogP contribution in [-0.4, -0.2) is 17.9 Å². The monoisotopic (exact) mass is 293 g/mol. The van der Waals surface area contributed by atoms with E-state index in [0.717, 1.165) is 0 Å². The van der Waals surface area contributed by atoms with E-state index in [9.17, 15) is 18.5 Å². The van der Waals surface area contributed by atoms with Crippen LogP contribution in [0.4, 0.5) is 5.69 Å². The normalized spacial score (nSPS) is 11.2. The van der Waals surface area contributed by atoms with Crippen molar-refractivity contribution in [2.75, 3.05) is 0 Å². The van der Waals surface area contributed by atoms with E-state index >= 15 is 0 Å². The van der Waals surface area contributed by atoms with Gasteiger partial charge in [0.15, 0.2) is 0 Å². The van der Waals surface area contributed by atoms with Crippen molar-refractivity contribution in [3.63, 3.8) is 0 Å². The van der Waals surface area contributed by atoms with E-state index in [-0.39, 0.29) is 5.69 Å². The summed E-state index contributed by atoms with van der Waals surface area (Å²) in [4.78, 5) is 10.5. The lowest BCUT2D eigenvalue weighted by atomic mass is 10.0. The summed E-state index contributed by atoms with van der Waals surface area (Å²) in [7, 11) is -4.14. The molecule has 20 heavy (non-hydrogen) atoms. The summed E-state index contributed by atoms with van der Waals surface area (Å²) in [5.41, 5.74) is 1.23. The van der Waals surface area contributed by atoms with E-state index in [2.05, 4.69) is 0 Å². The van der Waals surface area contributed by atoms with Gasteiger partial charge < -0.3 is 0 Å². The van der Waals surface area contributed by atoms with Crippen LogP contribution in [-0.2, 0) is 15.9 Å². The van der Waals surface area contributed by atoms with Crippen molar-refractivity contribution in [2.24, 2.45) is 0 Å². The van der Waals surface area contributed by atoms with Gasteiger partial charge in [0.1, 0.15) is 5.75 Å². The topological polar surface area (TPSA) is 97.5 Å². The summed E-state index contributed by atoms with van der Waals surface area (Å²) in [5.74, 6) is -0.526. The first-order chi connectivity index (χ1) is 9.37. The molecule has 0 bridgehead atoms. The lowest BCUT2D eigenvalue weighted by molar-refractivity contribution is -0.384. The van der Waals surface area contributed by atoms with Gasteiger partial charge in [0.2, 0.25) is 0 Å². The van der Waals surface area contributed by atoms with Gasteiger partial charge in [-0.05, 0) is 23.3 Å². The van der Waals surface area contributed by atoms with Gasteiger partial charge in [-0.15, -0.1) is 0 Å². The molecule has 0 heterocycles. The molecule has 0 saturated heterocycles. The van der Waals surface area contributed by atoms with Gasteiger partial charge in [-0.25, -0.2) is 0 Å². The molecule has 0 atom stereocenters. The third kappa shape index (κ3) is 3.40. The number of nitro groups is 1. The number of nitro benzene ring substituents is 1. The zero-order valence-electron chi connectivity index (χ0n) is 10.3. The highest BCUT2D eigenvalue weighted by atomic mass is 32.2. The van der Waals surface area contributed by atoms with Crippen molar-refractivity contribution in [3.8, 4) is 11.1 Å². The molecule has 0 saturated carbocycles. The number of para-hydroxylation sites is 1. The Labute approximate surface area is 115 Å². The molecule has 0 fully saturated rings. The lowest BCUT2D eigenvalue weighted by Gasteiger charge is -2.05. The van der Waals surface area contributed by atoms with E-state index in [0.29, 0.717) is 16.7 Å². The number of nitrogens with zero attached hydrogens (tertiary/aromatic N) is 1. The molecule has 0 aromatic heterocycles. The molecule has 0 aliphatic heterocycles. The Morgan fingerprint density at radius 3 is 2.45 bits per heavy atom. The minimum Gasteiger partial charge on any atom is -0.285 e. The van der Waals surface area contributed by atoms with E-state index in [1.54, 1.807) is 30.3 Å². The standard InChI is InChI=1S/C13H11NO5S/c15-14(16)13-7-2-1-6-12(13)11-5-3-4-10(8-11)9-20(17,18)19/h1-8H,9H2,(H,17,18,19). The van der Waals surface area contributed by atoms with Gasteiger partial charge in [-0.3, -0.25) is 14.7 Å². The molecule has 6 nitrogen and oxygen atoms in total. The van der Waals surface area contributed by atoms with Crippen LogP contribution in [0.1, 0.15) is 5.56 Å². The molecule has 0 unspecified atom stereocenters. The van der Waals surface area contributed by atoms with Gasteiger partial charge >= 0.3 is 0 Å². The van der Waals surface area contributed by atoms with Crippen molar-refractivity contribution in [2.45, 2.75) is 5.75 Å². The van der Waals surface area contributed by atoms with E-state index in [1.165, 1.54) is 18.2 Å². The number of hydrogen-bond donors (Lipinski definition) is 1. The first-order valence-electron chi connectivity index (χ1n) is 5.65. The van der Waals surface area contributed by atoms with Gasteiger partial charge in [0, 0.05) is 6.07 Å². The van der Waals surface area contributed by atoms with Gasteiger partial charge in [-0.1, -0.05) is 30.3 Å². The highest BCUT2D eigenvalue weighted by Crippen LogP contribution is 2.30. The Bertz CT molecular complexity index is 755. The maximum absolute atomic E-state index is 11.0. The van der Waals surface area contributed by atoms with Crippen LogP contribution in [0.25, 0.3) is 11.1 Å². The number of benzene rings is 2. The van der Waals surface area contributed by atoms with Gasteiger partial charge in [-0.2, -0.15) is 8.42 Å². The van der Waals surface area contributed by atoms with E-state index in [1.807, 2.05) is 0 Å². The lowest BCUT2D eigenvalue weighted by Crippen LogP contribution is -2.01. The molecule has 0 aliphatic rings. The molecule has 0 aliphatic carbocycles. The van der Waals surface area contributed by atoms with Crippen LogP contribution in [0.3, 0.4) is 0 Å². The number of hydrogen-bond acceptors (Lipinski definition) is 4. The minimum absolute atomic E-state index is 0.0588. The van der Waals surface area contributed by atoms with Crippen LogP contribution in [0.15, 0.2) is 48.5 Å². The first-order valence-corrected chi connectivity index (χ1v) is 7.25. The maximum Gasteiger partial charge on any atom is 0.277 e. The van der Waals surface area contributed by atoms with E-state index < -0.39 is 20.8 Å². The minimum atomic E-state index is -4.14. The molecule has 7 heteroatoms. The predicted octanol–water partition coefficient (Wildman–Crippen LogP) is 2.65. The quantitative estimate of drug-likeness (QED) is 0.531. The fourth-order valence-electron chi connectivity index (χ4n) is 1.92. The molecule has 0 radical (unpaired) electrons. The van der Waals surface area contributed by atoms with Crippen molar-refractivity contribution >= 4 is 15.8 Å². The highest BCUT2D eigenvalue weighted by Gasteiger charge is 2.15. The third-order valence-electron chi connectivity index (χ3n) is 2.69. The number of rotatable bonds is 4. The van der Waals surface area contributed by atoms with Crippen molar-refractivity contribution < 1.29 is 17.9 Å². The summed E-state index contributed by atoms with van der Waals surface area (Å²) in [6.07, 6.45) is 0. The Morgan fingerprint density at radius 1 is 1.10 bits per heavy atom. The second kappa shape index (κ2) is 5.40. The Balaban J connectivity index is 2.49. The van der Waals surface area contributed by atoms with Crippen LogP contribution >= 0.6 is 0 Å². The SMILES string of the molecule is O=[N+]([O-])c1ccccc1-c1cccc(CS(=O)(=O)O)c1. The molecule has 0 amide bonds. The second-order valence-electron chi connectivity index (χ2n) is 4.20. The Hall–Kier alpha value is -2.25. The molecule has 2 aromatic rings. The summed E-state index contributed by atoms with van der Waals surface area (Å²) in [5, 5.41) is 11.0. The average molecular weight is 293 g/mol. The van der Waals surface area contributed by atoms with Gasteiger partial charge in [0.05, 0.1) is 10.5 Å². The zero-order valence-corrected chi connectivity index (χ0v) is 11.1. The maximum atomic E-state index is 11.0. The van der Waals surface area contributed by atoms with Crippen LogP contribution in [0.5, 0.6) is 0 Å². The third-order valence-corrected chi connectivity index (χ3v) is 3.39. The summed E-state index contributed by atoms with van der Waals surface area (Å²) < 4.78 is 30.6. The molecule has 104 valence electrons. The fourth-order valence-corrected chi connectivity index (χ4v) is 2.52. The average Bonchev–Trinajstić information content (AvgIpc) is 2.37. The molecule has 2 rings (SSSR count). The largest absolute Gasteiger partial charge is 0.285 e. The second-order valence-corrected chi connectivity index (χ2v) is 5.65. The van der Waals surface area contributed by atoms with Crippen molar-refractivity contribution in [3.05, 3.63) is 64.2 Å². The van der Waals surface area contributed by atoms with Gasteiger partial charge in [0.25, 0.3) is 15.8 Å². The Morgan fingerprint density at radius 2 is 1.80 bits per heavy atom. The highest BCUT2D eigenvalue weighted by molar-refractivity contribution is 7.85. The zero-order chi connectivity index (χ0) is 14.8.